The Morgan fingerprint density at radius 3 is 2.33 bits per heavy atom. The van der Waals surface area contributed by atoms with Crippen LogP contribution >= 0.6 is 0 Å². The Labute approximate surface area is 157 Å². The van der Waals surface area contributed by atoms with E-state index in [4.69, 9.17) is 9.88 Å². The van der Waals surface area contributed by atoms with Crippen LogP contribution in [0, 0.1) is 10.1 Å². The van der Waals surface area contributed by atoms with Crippen molar-refractivity contribution in [2.45, 2.75) is 10.9 Å². The van der Waals surface area contributed by atoms with Gasteiger partial charge in [-0.1, -0.05) is 12.1 Å². The summed E-state index contributed by atoms with van der Waals surface area (Å²) in [5, 5.41) is 19.4. The first-order valence-electron chi connectivity index (χ1n) is 7.99. The molecule has 0 aliphatic rings. The SMILES string of the molecule is COc1ccc([C@H](CNc2ccc(S(N)(=O)=O)cc2[N+](=O)[O-])N(C)C)cc1. The number of hydrogen-bond donors (Lipinski definition) is 2. The lowest BCUT2D eigenvalue weighted by Gasteiger charge is -2.25. The van der Waals surface area contributed by atoms with E-state index in [0.29, 0.717) is 6.54 Å². The van der Waals surface area contributed by atoms with E-state index in [1.54, 1.807) is 7.11 Å². The molecule has 27 heavy (non-hydrogen) atoms. The fourth-order valence-corrected chi connectivity index (χ4v) is 3.15. The molecule has 1 atom stereocenters. The molecule has 0 unspecified atom stereocenters. The Morgan fingerprint density at radius 2 is 1.85 bits per heavy atom. The summed E-state index contributed by atoms with van der Waals surface area (Å²) in [7, 11) is 1.36. The monoisotopic (exact) mass is 394 g/mol. The minimum atomic E-state index is -4.02. The summed E-state index contributed by atoms with van der Waals surface area (Å²) in [6.45, 7) is 0.370. The summed E-state index contributed by atoms with van der Waals surface area (Å²) in [5.74, 6) is 0.735. The molecule has 146 valence electrons. The summed E-state index contributed by atoms with van der Waals surface area (Å²) in [4.78, 5) is 12.3. The van der Waals surface area contributed by atoms with Crippen LogP contribution in [-0.4, -0.2) is 46.0 Å². The molecule has 2 rings (SSSR count). The smallest absolute Gasteiger partial charge is 0.293 e. The van der Waals surface area contributed by atoms with Crippen molar-refractivity contribution in [3.63, 3.8) is 0 Å². The number of nitro benzene ring substituents is 1. The zero-order valence-electron chi connectivity index (χ0n) is 15.2. The predicted molar refractivity (Wildman–Crippen MR) is 102 cm³/mol. The molecule has 0 aliphatic heterocycles. The number of nitrogens with zero attached hydrogens (tertiary/aromatic N) is 2. The van der Waals surface area contributed by atoms with Crippen LogP contribution in [0.15, 0.2) is 47.4 Å². The Kier molecular flexibility index (Phi) is 6.37. The molecule has 0 saturated carbocycles. The highest BCUT2D eigenvalue weighted by atomic mass is 32.2. The molecule has 0 aromatic heterocycles. The highest BCUT2D eigenvalue weighted by Gasteiger charge is 2.21. The van der Waals surface area contributed by atoms with Crippen molar-refractivity contribution >= 4 is 21.4 Å². The Balaban J connectivity index is 2.27. The normalized spacial score (nSPS) is 12.6. The summed E-state index contributed by atoms with van der Waals surface area (Å²) in [5.41, 5.74) is 0.860. The molecule has 0 saturated heterocycles. The molecule has 0 amide bonds. The third-order valence-electron chi connectivity index (χ3n) is 4.10. The van der Waals surface area contributed by atoms with Gasteiger partial charge in [-0.15, -0.1) is 0 Å². The zero-order chi connectivity index (χ0) is 20.2. The quantitative estimate of drug-likeness (QED) is 0.517. The molecule has 0 radical (unpaired) electrons. The Bertz CT molecular complexity index is 913. The van der Waals surface area contributed by atoms with Crippen molar-refractivity contribution in [1.82, 2.24) is 4.90 Å². The van der Waals surface area contributed by atoms with E-state index < -0.39 is 14.9 Å². The van der Waals surface area contributed by atoms with Crippen LogP contribution in [0.25, 0.3) is 0 Å². The second-order valence-electron chi connectivity index (χ2n) is 6.11. The van der Waals surface area contributed by atoms with Gasteiger partial charge in [0.15, 0.2) is 0 Å². The number of methoxy groups -OCH3 is 1. The van der Waals surface area contributed by atoms with Gasteiger partial charge in [-0.05, 0) is 43.9 Å². The Morgan fingerprint density at radius 1 is 1.22 bits per heavy atom. The van der Waals surface area contributed by atoms with Gasteiger partial charge in [-0.25, -0.2) is 13.6 Å². The van der Waals surface area contributed by atoms with Gasteiger partial charge < -0.3 is 15.0 Å². The number of rotatable bonds is 8. The lowest BCUT2D eigenvalue weighted by molar-refractivity contribution is -0.384. The van der Waals surface area contributed by atoms with Crippen molar-refractivity contribution in [3.05, 3.63) is 58.1 Å². The van der Waals surface area contributed by atoms with Crippen molar-refractivity contribution in [2.24, 2.45) is 5.14 Å². The second-order valence-corrected chi connectivity index (χ2v) is 7.68. The summed E-state index contributed by atoms with van der Waals surface area (Å²) >= 11 is 0. The number of nitro groups is 1. The molecule has 0 heterocycles. The number of nitrogens with one attached hydrogen (secondary N) is 1. The number of sulfonamides is 1. The van der Waals surface area contributed by atoms with E-state index in [1.807, 2.05) is 43.3 Å². The van der Waals surface area contributed by atoms with Gasteiger partial charge in [0.2, 0.25) is 10.0 Å². The van der Waals surface area contributed by atoms with Crippen molar-refractivity contribution in [1.29, 1.82) is 0 Å². The highest BCUT2D eigenvalue weighted by Crippen LogP contribution is 2.29. The largest absolute Gasteiger partial charge is 0.497 e. The second kappa shape index (κ2) is 8.33. The molecule has 0 aliphatic carbocycles. The lowest BCUT2D eigenvalue weighted by Crippen LogP contribution is -2.27. The number of likely N-dealkylation sites (N-methyl/N-ethyl adjacent to an activating group) is 1. The molecule has 0 spiro atoms. The first-order chi connectivity index (χ1) is 12.6. The topological polar surface area (TPSA) is 128 Å². The fraction of sp³-hybridized carbons (Fsp3) is 0.294. The molecule has 10 heteroatoms. The standard InChI is InChI=1S/C17H22N4O5S/c1-20(2)17(12-4-6-13(26-3)7-5-12)11-19-15-9-8-14(27(18,24)25)10-16(15)21(22)23/h4-10,17,19H,11H2,1-3H3,(H2,18,24,25)/t17-/m0/s1. The molecule has 2 aromatic carbocycles. The third-order valence-corrected chi connectivity index (χ3v) is 5.02. The van der Waals surface area contributed by atoms with Gasteiger partial charge in [-0.3, -0.25) is 10.1 Å². The highest BCUT2D eigenvalue weighted by molar-refractivity contribution is 7.89. The number of anilines is 1. The van der Waals surface area contributed by atoms with Gasteiger partial charge in [0.05, 0.1) is 23.0 Å². The molecule has 9 nitrogen and oxygen atoms in total. The molecule has 0 bridgehead atoms. The van der Waals surface area contributed by atoms with Gasteiger partial charge in [-0.2, -0.15) is 0 Å². The molecular weight excluding hydrogens is 372 g/mol. The van der Waals surface area contributed by atoms with Crippen molar-refractivity contribution < 1.29 is 18.1 Å². The van der Waals surface area contributed by atoms with Crippen molar-refractivity contribution in [3.8, 4) is 5.75 Å². The van der Waals surface area contributed by atoms with Gasteiger partial charge in [0.1, 0.15) is 11.4 Å². The van der Waals surface area contributed by atoms with Gasteiger partial charge in [0, 0.05) is 12.6 Å². The maximum Gasteiger partial charge on any atom is 0.293 e. The minimum Gasteiger partial charge on any atom is -0.497 e. The van der Waals surface area contributed by atoms with E-state index >= 15 is 0 Å². The number of benzene rings is 2. The average molecular weight is 394 g/mol. The average Bonchev–Trinajstić information content (AvgIpc) is 2.61. The first-order valence-corrected chi connectivity index (χ1v) is 9.53. The number of primary sulfonamides is 1. The zero-order valence-corrected chi connectivity index (χ0v) is 16.1. The lowest BCUT2D eigenvalue weighted by atomic mass is 10.1. The maximum atomic E-state index is 11.4. The van der Waals surface area contributed by atoms with Crippen LogP contribution in [0.5, 0.6) is 5.75 Å². The van der Waals surface area contributed by atoms with Crippen LogP contribution in [0.4, 0.5) is 11.4 Å². The molecule has 0 fully saturated rings. The number of ether oxygens (including phenoxy) is 1. The number of nitrogens with two attached hydrogens (primary N) is 1. The van der Waals surface area contributed by atoms with Crippen LogP contribution in [0.3, 0.4) is 0 Å². The fourth-order valence-electron chi connectivity index (χ4n) is 2.62. The van der Waals surface area contributed by atoms with Crippen molar-refractivity contribution in [2.75, 3.05) is 33.1 Å². The van der Waals surface area contributed by atoms with Crippen LogP contribution in [0.2, 0.25) is 0 Å². The molecular formula is C17H22N4O5S. The maximum absolute atomic E-state index is 11.4. The minimum absolute atomic E-state index is 0.0755. The molecule has 3 N–H and O–H groups in total. The van der Waals surface area contributed by atoms with Crippen LogP contribution in [-0.2, 0) is 10.0 Å². The van der Waals surface area contributed by atoms with E-state index in [-0.39, 0.29) is 22.3 Å². The molecule has 2 aromatic rings. The Hall–Kier alpha value is -2.69. The van der Waals surface area contributed by atoms with Crippen LogP contribution in [0.1, 0.15) is 11.6 Å². The van der Waals surface area contributed by atoms with Gasteiger partial charge in [0.25, 0.3) is 5.69 Å². The van der Waals surface area contributed by atoms with Gasteiger partial charge >= 0.3 is 0 Å². The van der Waals surface area contributed by atoms with E-state index in [1.165, 1.54) is 12.1 Å². The third kappa shape index (κ3) is 5.16. The predicted octanol–water partition coefficient (Wildman–Crippen LogP) is 1.97. The van der Waals surface area contributed by atoms with E-state index in [2.05, 4.69) is 5.32 Å². The summed E-state index contributed by atoms with van der Waals surface area (Å²) in [6, 6.07) is 11.0. The van der Waals surface area contributed by atoms with E-state index in [9.17, 15) is 18.5 Å². The first kappa shape index (κ1) is 20.6. The summed E-state index contributed by atoms with van der Waals surface area (Å²) < 4.78 is 28.0. The van der Waals surface area contributed by atoms with E-state index in [0.717, 1.165) is 17.4 Å². The summed E-state index contributed by atoms with van der Waals surface area (Å²) in [6.07, 6.45) is 0. The number of hydrogen-bond acceptors (Lipinski definition) is 7. The van der Waals surface area contributed by atoms with Crippen LogP contribution < -0.4 is 15.2 Å².